The summed E-state index contributed by atoms with van der Waals surface area (Å²) in [6.07, 6.45) is 5.16. The minimum atomic E-state index is -0.552. The van der Waals surface area contributed by atoms with Crippen molar-refractivity contribution in [3.8, 4) is 0 Å². The van der Waals surface area contributed by atoms with Gasteiger partial charge in [0.1, 0.15) is 0 Å². The molecule has 16 heavy (non-hydrogen) atoms. The van der Waals surface area contributed by atoms with Crippen molar-refractivity contribution in [2.75, 3.05) is 6.61 Å². The van der Waals surface area contributed by atoms with Gasteiger partial charge in [0, 0.05) is 6.04 Å². The van der Waals surface area contributed by atoms with E-state index in [2.05, 4.69) is 5.32 Å². The van der Waals surface area contributed by atoms with Crippen molar-refractivity contribution in [2.45, 2.75) is 57.5 Å². The Morgan fingerprint density at radius 2 is 2.00 bits per heavy atom. The molecule has 94 valence electrons. The molecule has 2 unspecified atom stereocenters. The predicted octanol–water partition coefficient (Wildman–Crippen LogP) is 0.781. The molecule has 0 aromatic rings. The Labute approximate surface area is 97.6 Å². The standard InChI is InChI=1S/C12H24N2O2/c1-12(2,8-15)14-11(16)9-6-4-3-5-7-10(9)13/h9-10,15H,3-8,13H2,1-2H3,(H,14,16). The smallest absolute Gasteiger partial charge is 0.225 e. The Balaban J connectivity index is 2.57. The van der Waals surface area contributed by atoms with Gasteiger partial charge in [-0.3, -0.25) is 4.79 Å². The molecule has 0 radical (unpaired) electrons. The van der Waals surface area contributed by atoms with Gasteiger partial charge in [-0.2, -0.15) is 0 Å². The molecule has 0 aromatic heterocycles. The van der Waals surface area contributed by atoms with E-state index in [1.54, 1.807) is 0 Å². The van der Waals surface area contributed by atoms with Crippen LogP contribution >= 0.6 is 0 Å². The van der Waals surface area contributed by atoms with Crippen LogP contribution in [0.3, 0.4) is 0 Å². The summed E-state index contributed by atoms with van der Waals surface area (Å²) in [6, 6.07) is -0.0306. The summed E-state index contributed by atoms with van der Waals surface area (Å²) < 4.78 is 0. The van der Waals surface area contributed by atoms with Gasteiger partial charge in [-0.25, -0.2) is 0 Å². The van der Waals surface area contributed by atoms with Crippen LogP contribution in [0.5, 0.6) is 0 Å². The first-order valence-corrected chi connectivity index (χ1v) is 6.15. The molecule has 0 aromatic carbocycles. The number of carbonyl (C=O) groups is 1. The minimum absolute atomic E-state index is 0.00606. The number of aliphatic hydroxyl groups excluding tert-OH is 1. The van der Waals surface area contributed by atoms with Crippen molar-refractivity contribution in [1.82, 2.24) is 5.32 Å². The van der Waals surface area contributed by atoms with Crippen molar-refractivity contribution in [2.24, 2.45) is 11.7 Å². The van der Waals surface area contributed by atoms with E-state index in [-0.39, 0.29) is 24.5 Å². The lowest BCUT2D eigenvalue weighted by Crippen LogP contribution is -2.51. The van der Waals surface area contributed by atoms with Crippen LogP contribution in [-0.2, 0) is 4.79 Å². The van der Waals surface area contributed by atoms with Crippen LogP contribution in [-0.4, -0.2) is 29.2 Å². The van der Waals surface area contributed by atoms with Crippen LogP contribution in [0.2, 0.25) is 0 Å². The molecule has 0 aliphatic heterocycles. The predicted molar refractivity (Wildman–Crippen MR) is 63.9 cm³/mol. The van der Waals surface area contributed by atoms with Crippen LogP contribution in [0.1, 0.15) is 46.0 Å². The van der Waals surface area contributed by atoms with E-state index < -0.39 is 5.54 Å². The lowest BCUT2D eigenvalue weighted by atomic mass is 9.93. The minimum Gasteiger partial charge on any atom is -0.394 e. The Bertz CT molecular complexity index is 241. The van der Waals surface area contributed by atoms with E-state index >= 15 is 0 Å². The Kier molecular flexibility index (Phi) is 4.74. The molecule has 2 atom stereocenters. The van der Waals surface area contributed by atoms with E-state index in [0.717, 1.165) is 25.7 Å². The van der Waals surface area contributed by atoms with E-state index in [1.807, 2.05) is 13.8 Å². The molecule has 0 saturated heterocycles. The van der Waals surface area contributed by atoms with Crippen molar-refractivity contribution in [1.29, 1.82) is 0 Å². The molecule has 4 heteroatoms. The fourth-order valence-corrected chi connectivity index (χ4v) is 2.13. The van der Waals surface area contributed by atoms with Crippen LogP contribution < -0.4 is 11.1 Å². The maximum atomic E-state index is 12.0. The number of amides is 1. The molecule has 1 fully saturated rings. The van der Waals surface area contributed by atoms with E-state index in [4.69, 9.17) is 10.8 Å². The van der Waals surface area contributed by atoms with Gasteiger partial charge in [0.15, 0.2) is 0 Å². The van der Waals surface area contributed by atoms with Gasteiger partial charge < -0.3 is 16.2 Å². The van der Waals surface area contributed by atoms with E-state index in [9.17, 15) is 4.79 Å². The SMILES string of the molecule is CC(C)(CO)NC(=O)C1CCCCCC1N. The highest BCUT2D eigenvalue weighted by Gasteiger charge is 2.30. The normalized spacial score (nSPS) is 27.2. The summed E-state index contributed by atoms with van der Waals surface area (Å²) in [7, 11) is 0. The van der Waals surface area contributed by atoms with Crippen molar-refractivity contribution < 1.29 is 9.90 Å². The molecule has 0 spiro atoms. The first-order valence-electron chi connectivity index (χ1n) is 6.15. The molecular formula is C12H24N2O2. The van der Waals surface area contributed by atoms with Gasteiger partial charge in [0.2, 0.25) is 5.91 Å². The molecular weight excluding hydrogens is 204 g/mol. The Morgan fingerprint density at radius 3 is 2.62 bits per heavy atom. The molecule has 1 rings (SSSR count). The van der Waals surface area contributed by atoms with Gasteiger partial charge >= 0.3 is 0 Å². The molecule has 4 N–H and O–H groups in total. The van der Waals surface area contributed by atoms with Crippen LogP contribution in [0.4, 0.5) is 0 Å². The van der Waals surface area contributed by atoms with Crippen molar-refractivity contribution in [3.63, 3.8) is 0 Å². The average molecular weight is 228 g/mol. The zero-order chi connectivity index (χ0) is 12.2. The average Bonchev–Trinajstić information content (AvgIpc) is 2.42. The summed E-state index contributed by atoms with van der Waals surface area (Å²) in [5.74, 6) is -0.0956. The lowest BCUT2D eigenvalue weighted by molar-refractivity contribution is -0.128. The third-order valence-corrected chi connectivity index (χ3v) is 3.26. The third kappa shape index (κ3) is 3.76. The highest BCUT2D eigenvalue weighted by molar-refractivity contribution is 5.80. The lowest BCUT2D eigenvalue weighted by Gasteiger charge is -2.28. The first kappa shape index (κ1) is 13.5. The zero-order valence-electron chi connectivity index (χ0n) is 10.3. The van der Waals surface area contributed by atoms with E-state index in [1.165, 1.54) is 6.42 Å². The largest absolute Gasteiger partial charge is 0.394 e. The molecule has 0 heterocycles. The number of nitrogens with one attached hydrogen (secondary N) is 1. The number of carbonyl (C=O) groups excluding carboxylic acids is 1. The maximum absolute atomic E-state index is 12.0. The van der Waals surface area contributed by atoms with E-state index in [0.29, 0.717) is 0 Å². The van der Waals surface area contributed by atoms with Crippen LogP contribution in [0, 0.1) is 5.92 Å². The first-order chi connectivity index (χ1) is 7.46. The zero-order valence-corrected chi connectivity index (χ0v) is 10.3. The van der Waals surface area contributed by atoms with Crippen LogP contribution in [0.25, 0.3) is 0 Å². The second kappa shape index (κ2) is 5.64. The van der Waals surface area contributed by atoms with Gasteiger partial charge in [0.25, 0.3) is 0 Å². The number of hydrogen-bond donors (Lipinski definition) is 3. The van der Waals surface area contributed by atoms with Gasteiger partial charge in [-0.15, -0.1) is 0 Å². The second-order valence-corrected chi connectivity index (χ2v) is 5.44. The summed E-state index contributed by atoms with van der Waals surface area (Å²) in [4.78, 5) is 12.0. The molecule has 1 aliphatic rings. The molecule has 1 aliphatic carbocycles. The van der Waals surface area contributed by atoms with Gasteiger partial charge in [0.05, 0.1) is 18.1 Å². The summed E-state index contributed by atoms with van der Waals surface area (Å²) in [5, 5.41) is 12.0. The maximum Gasteiger partial charge on any atom is 0.225 e. The second-order valence-electron chi connectivity index (χ2n) is 5.44. The number of hydrogen-bond acceptors (Lipinski definition) is 3. The molecule has 1 saturated carbocycles. The highest BCUT2D eigenvalue weighted by Crippen LogP contribution is 2.22. The quantitative estimate of drug-likeness (QED) is 0.625. The molecule has 0 bridgehead atoms. The monoisotopic (exact) mass is 228 g/mol. The van der Waals surface area contributed by atoms with Crippen LogP contribution in [0.15, 0.2) is 0 Å². The Hall–Kier alpha value is -0.610. The topological polar surface area (TPSA) is 75.3 Å². The number of nitrogens with two attached hydrogens (primary N) is 1. The number of aliphatic hydroxyl groups is 1. The fourth-order valence-electron chi connectivity index (χ4n) is 2.13. The highest BCUT2D eigenvalue weighted by atomic mass is 16.3. The Morgan fingerprint density at radius 1 is 1.38 bits per heavy atom. The summed E-state index contributed by atoms with van der Waals surface area (Å²) in [5.41, 5.74) is 5.46. The third-order valence-electron chi connectivity index (χ3n) is 3.26. The number of rotatable bonds is 3. The van der Waals surface area contributed by atoms with Gasteiger partial charge in [-0.05, 0) is 26.7 Å². The summed E-state index contributed by atoms with van der Waals surface area (Å²) in [6.45, 7) is 3.57. The summed E-state index contributed by atoms with van der Waals surface area (Å²) >= 11 is 0. The van der Waals surface area contributed by atoms with Crippen molar-refractivity contribution >= 4 is 5.91 Å². The molecule has 1 amide bonds. The molecule has 4 nitrogen and oxygen atoms in total. The van der Waals surface area contributed by atoms with Gasteiger partial charge in [-0.1, -0.05) is 19.3 Å². The fraction of sp³-hybridized carbons (Fsp3) is 0.917. The van der Waals surface area contributed by atoms with Crippen molar-refractivity contribution in [3.05, 3.63) is 0 Å².